The molecule has 0 aliphatic carbocycles. The van der Waals surface area contributed by atoms with Crippen LogP contribution in [0.1, 0.15) is 18.4 Å². The van der Waals surface area contributed by atoms with Crippen LogP contribution in [0.5, 0.6) is 0 Å². The highest BCUT2D eigenvalue weighted by atomic mass is 19.4. The Balaban J connectivity index is 1.74. The summed E-state index contributed by atoms with van der Waals surface area (Å²) in [4.78, 5) is 16.6. The van der Waals surface area contributed by atoms with Crippen LogP contribution in [-0.4, -0.2) is 31.2 Å². The fraction of sp³-hybridized carbons (Fsp3) is 0.350. The largest absolute Gasteiger partial charge is 0.416 e. The Morgan fingerprint density at radius 1 is 1.00 bits per heavy atom. The van der Waals surface area contributed by atoms with Crippen LogP contribution < -0.4 is 15.1 Å². The van der Waals surface area contributed by atoms with Crippen LogP contribution in [0.3, 0.4) is 0 Å². The molecule has 0 unspecified atom stereocenters. The van der Waals surface area contributed by atoms with Gasteiger partial charge in [-0.1, -0.05) is 18.2 Å². The molecule has 0 aromatic heterocycles. The van der Waals surface area contributed by atoms with Crippen molar-refractivity contribution in [1.82, 2.24) is 5.32 Å². The number of rotatable bonds is 2. The summed E-state index contributed by atoms with van der Waals surface area (Å²) in [6.45, 7) is 1.36. The van der Waals surface area contributed by atoms with Crippen molar-refractivity contribution in [1.29, 1.82) is 0 Å². The zero-order chi connectivity index (χ0) is 19.9. The molecule has 8 heteroatoms. The molecule has 2 heterocycles. The van der Waals surface area contributed by atoms with Gasteiger partial charge < -0.3 is 10.2 Å². The van der Waals surface area contributed by atoms with E-state index in [9.17, 15) is 22.4 Å². The number of para-hydroxylation sites is 1. The highest BCUT2D eigenvalue weighted by Gasteiger charge is 2.53. The number of benzene rings is 2. The van der Waals surface area contributed by atoms with Crippen molar-refractivity contribution in [2.75, 3.05) is 29.6 Å². The van der Waals surface area contributed by atoms with Gasteiger partial charge in [0.05, 0.1) is 17.9 Å². The van der Waals surface area contributed by atoms with Gasteiger partial charge in [0.25, 0.3) is 5.91 Å². The lowest BCUT2D eigenvalue weighted by atomic mass is 9.86. The predicted molar refractivity (Wildman–Crippen MR) is 97.5 cm³/mol. The summed E-state index contributed by atoms with van der Waals surface area (Å²) in [5, 5.41) is 3.22. The maximum absolute atomic E-state index is 14.6. The Labute approximate surface area is 159 Å². The highest BCUT2D eigenvalue weighted by Crippen LogP contribution is 2.41. The van der Waals surface area contributed by atoms with E-state index in [0.717, 1.165) is 17.8 Å². The number of hydrogen-bond acceptors (Lipinski definition) is 3. The first kappa shape index (κ1) is 18.7. The van der Waals surface area contributed by atoms with Crippen molar-refractivity contribution >= 4 is 17.3 Å². The van der Waals surface area contributed by atoms with Crippen molar-refractivity contribution in [2.45, 2.75) is 24.6 Å². The number of carbonyl (C=O) groups excluding carboxylic acids is 1. The molecule has 0 radical (unpaired) electrons. The molecule has 4 rings (SSSR count). The number of nitrogens with zero attached hydrogens (tertiary/aromatic N) is 2. The van der Waals surface area contributed by atoms with Crippen molar-refractivity contribution < 1.29 is 22.4 Å². The van der Waals surface area contributed by atoms with E-state index in [4.69, 9.17) is 0 Å². The van der Waals surface area contributed by atoms with Gasteiger partial charge in [-0.05, 0) is 56.3 Å². The van der Waals surface area contributed by atoms with E-state index in [1.165, 1.54) is 4.90 Å². The van der Waals surface area contributed by atoms with E-state index in [1.807, 2.05) is 35.2 Å². The molecule has 0 atom stereocenters. The van der Waals surface area contributed by atoms with Crippen LogP contribution >= 0.6 is 0 Å². The lowest BCUT2D eigenvalue weighted by Crippen LogP contribution is -2.55. The second-order valence-electron chi connectivity index (χ2n) is 7.08. The highest BCUT2D eigenvalue weighted by molar-refractivity contribution is 6.06. The van der Waals surface area contributed by atoms with Crippen LogP contribution in [0.15, 0.2) is 48.5 Å². The second-order valence-corrected chi connectivity index (χ2v) is 7.08. The molecule has 1 spiro atoms. The van der Waals surface area contributed by atoms with Gasteiger partial charge in [0.2, 0.25) is 0 Å². The van der Waals surface area contributed by atoms with E-state index >= 15 is 0 Å². The van der Waals surface area contributed by atoms with Gasteiger partial charge in [0.1, 0.15) is 11.4 Å². The first-order valence-electron chi connectivity index (χ1n) is 9.05. The summed E-state index contributed by atoms with van der Waals surface area (Å²) in [6.07, 6.45) is -3.56. The summed E-state index contributed by atoms with van der Waals surface area (Å²) in [6, 6.07) is 11.6. The molecule has 2 aliphatic heterocycles. The van der Waals surface area contributed by atoms with Crippen LogP contribution in [0.4, 0.5) is 28.9 Å². The lowest BCUT2D eigenvalue weighted by Gasteiger charge is -2.39. The third kappa shape index (κ3) is 3.01. The van der Waals surface area contributed by atoms with Crippen molar-refractivity contribution in [3.05, 3.63) is 59.9 Å². The normalized spacial score (nSPS) is 19.5. The minimum Gasteiger partial charge on any atom is -0.338 e. The fourth-order valence-electron chi connectivity index (χ4n) is 4.06. The molecule has 148 valence electrons. The number of nitrogens with one attached hydrogen (secondary N) is 1. The average molecular weight is 393 g/mol. The zero-order valence-electron chi connectivity index (χ0n) is 15.0. The predicted octanol–water partition coefficient (Wildman–Crippen LogP) is 3.78. The number of amides is 1. The van der Waals surface area contributed by atoms with E-state index in [-0.39, 0.29) is 18.3 Å². The summed E-state index contributed by atoms with van der Waals surface area (Å²) in [5.74, 6) is -1.33. The van der Waals surface area contributed by atoms with Gasteiger partial charge in [-0.2, -0.15) is 13.2 Å². The molecule has 2 aromatic carbocycles. The molecule has 28 heavy (non-hydrogen) atoms. The maximum Gasteiger partial charge on any atom is 0.416 e. The topological polar surface area (TPSA) is 35.6 Å². The standard InChI is InChI=1S/C20H19F4N3O/c21-16-12-14(20(22,23)24)6-7-17(16)26-13-27(15-4-2-1-3-5-15)19(18(26)28)8-10-25-11-9-19/h1-7,12,25H,8-11,13H2. The molecule has 1 amide bonds. The Morgan fingerprint density at radius 2 is 1.68 bits per heavy atom. The lowest BCUT2D eigenvalue weighted by molar-refractivity contribution is -0.137. The molecule has 1 N–H and O–H groups in total. The summed E-state index contributed by atoms with van der Waals surface area (Å²) in [7, 11) is 0. The van der Waals surface area contributed by atoms with Crippen molar-refractivity contribution in [3.8, 4) is 0 Å². The maximum atomic E-state index is 14.6. The summed E-state index contributed by atoms with van der Waals surface area (Å²) < 4.78 is 53.1. The minimum absolute atomic E-state index is 0.0884. The van der Waals surface area contributed by atoms with Crippen LogP contribution in [0.25, 0.3) is 0 Å². The third-order valence-corrected chi connectivity index (χ3v) is 5.51. The Morgan fingerprint density at radius 3 is 2.29 bits per heavy atom. The molecule has 0 bridgehead atoms. The monoisotopic (exact) mass is 393 g/mol. The van der Waals surface area contributed by atoms with Crippen molar-refractivity contribution in [2.24, 2.45) is 0 Å². The number of alkyl halides is 3. The first-order valence-corrected chi connectivity index (χ1v) is 9.05. The van der Waals surface area contributed by atoms with Gasteiger partial charge in [-0.15, -0.1) is 0 Å². The molecular formula is C20H19F4N3O. The number of anilines is 2. The molecule has 4 nitrogen and oxygen atoms in total. The zero-order valence-corrected chi connectivity index (χ0v) is 15.0. The smallest absolute Gasteiger partial charge is 0.338 e. The van der Waals surface area contributed by atoms with E-state index in [2.05, 4.69) is 5.32 Å². The fourth-order valence-corrected chi connectivity index (χ4v) is 4.06. The van der Waals surface area contributed by atoms with E-state index in [1.54, 1.807) is 0 Å². The summed E-state index contributed by atoms with van der Waals surface area (Å²) >= 11 is 0. The third-order valence-electron chi connectivity index (χ3n) is 5.51. The SMILES string of the molecule is O=C1N(c2ccc(C(F)(F)F)cc2F)CN(c2ccccc2)C12CCNCC2. The molecule has 2 fully saturated rings. The quantitative estimate of drug-likeness (QED) is 0.789. The molecule has 2 aliphatic rings. The average Bonchev–Trinajstić information content (AvgIpc) is 2.95. The van der Waals surface area contributed by atoms with Gasteiger partial charge >= 0.3 is 6.18 Å². The molecule has 2 saturated heterocycles. The van der Waals surface area contributed by atoms with Gasteiger partial charge in [-0.3, -0.25) is 9.69 Å². The van der Waals surface area contributed by atoms with Crippen LogP contribution in [-0.2, 0) is 11.0 Å². The molecular weight excluding hydrogens is 374 g/mol. The number of carbonyl (C=O) groups is 1. The number of hydrogen-bond donors (Lipinski definition) is 1. The van der Waals surface area contributed by atoms with Crippen LogP contribution in [0, 0.1) is 5.82 Å². The van der Waals surface area contributed by atoms with Crippen molar-refractivity contribution in [3.63, 3.8) is 0 Å². The summed E-state index contributed by atoms with van der Waals surface area (Å²) in [5.41, 5.74) is -1.21. The van der Waals surface area contributed by atoms with E-state index in [0.29, 0.717) is 32.0 Å². The Bertz CT molecular complexity index is 879. The first-order chi connectivity index (χ1) is 13.3. The van der Waals surface area contributed by atoms with Gasteiger partial charge in [0.15, 0.2) is 0 Å². The Hall–Kier alpha value is -2.61. The second kappa shape index (κ2) is 6.77. The van der Waals surface area contributed by atoms with Crippen LogP contribution in [0.2, 0.25) is 0 Å². The molecule has 0 saturated carbocycles. The van der Waals surface area contributed by atoms with Gasteiger partial charge in [0, 0.05) is 5.69 Å². The number of halogens is 4. The van der Waals surface area contributed by atoms with E-state index < -0.39 is 23.1 Å². The number of piperidine rings is 1. The molecule has 2 aromatic rings. The minimum atomic E-state index is -4.64. The Kier molecular flexibility index (Phi) is 4.53. The van der Waals surface area contributed by atoms with Gasteiger partial charge in [-0.25, -0.2) is 4.39 Å².